The summed E-state index contributed by atoms with van der Waals surface area (Å²) in [7, 11) is 1.62. The van der Waals surface area contributed by atoms with E-state index in [0.29, 0.717) is 89.2 Å². The van der Waals surface area contributed by atoms with Gasteiger partial charge in [-0.25, -0.2) is 9.37 Å². The van der Waals surface area contributed by atoms with E-state index in [1.54, 1.807) is 37.7 Å². The highest BCUT2D eigenvalue weighted by Gasteiger charge is 2.57. The van der Waals surface area contributed by atoms with Crippen LogP contribution in [-0.2, 0) is 22.7 Å². The molecule has 3 heterocycles. The molecule has 2 aliphatic carbocycles. The average molecular weight is 748 g/mol. The van der Waals surface area contributed by atoms with E-state index in [4.69, 9.17) is 27.9 Å². The highest BCUT2D eigenvalue weighted by atomic mass is 35.5. The first kappa shape index (κ1) is 36.1. The van der Waals surface area contributed by atoms with Crippen LogP contribution in [0.1, 0.15) is 56.1 Å². The van der Waals surface area contributed by atoms with Crippen molar-refractivity contribution >= 4 is 46.6 Å². The number of carboxylic acid groups (broad SMARTS) is 1. The minimum atomic E-state index is -0.693. The minimum Gasteiger partial charge on any atom is -0.496 e. The van der Waals surface area contributed by atoms with Crippen molar-refractivity contribution in [2.75, 3.05) is 25.5 Å². The predicted molar refractivity (Wildman–Crippen MR) is 199 cm³/mol. The quantitative estimate of drug-likeness (QED) is 0.0888. The minimum absolute atomic E-state index is 0.0410. The Morgan fingerprint density at radius 2 is 1.77 bits per heavy atom. The molecule has 1 saturated heterocycles. The summed E-state index contributed by atoms with van der Waals surface area (Å²) in [5.41, 5.74) is 3.83. The molecule has 2 bridgehead atoms. The van der Waals surface area contributed by atoms with E-state index in [1.807, 2.05) is 30.3 Å². The van der Waals surface area contributed by atoms with Gasteiger partial charge in [0.15, 0.2) is 11.6 Å². The van der Waals surface area contributed by atoms with Gasteiger partial charge in [-0.1, -0.05) is 47.5 Å². The molecule has 13 heteroatoms. The van der Waals surface area contributed by atoms with E-state index in [0.717, 1.165) is 30.4 Å². The number of hydrogen-bond acceptors (Lipinski definition) is 8. The van der Waals surface area contributed by atoms with E-state index < -0.39 is 17.2 Å². The number of carbonyl (C=O) groups excluding carboxylic acids is 1. The van der Waals surface area contributed by atoms with Crippen LogP contribution in [0.25, 0.3) is 22.4 Å². The van der Waals surface area contributed by atoms with Gasteiger partial charge in [-0.3, -0.25) is 14.6 Å². The second kappa shape index (κ2) is 15.0. The average Bonchev–Trinajstić information content (AvgIpc) is 3.85. The SMILES string of the molecule is COc1cc(-c2nccc(-c3cccc(Nc4nccc(CNCC56CCC(C(=O)O)(CC5)C6)c4F)c3Cl)c2Cl)ccc1CNCC1CCC(=O)N1. The molecular weight excluding hydrogens is 706 g/mol. The Morgan fingerprint density at radius 1 is 1.00 bits per heavy atom. The number of aliphatic carboxylic acids is 1. The van der Waals surface area contributed by atoms with Crippen LogP contribution in [0, 0.1) is 16.6 Å². The number of carbonyl (C=O) groups is 2. The predicted octanol–water partition coefficient (Wildman–Crippen LogP) is 7.50. The van der Waals surface area contributed by atoms with Gasteiger partial charge in [-0.15, -0.1) is 0 Å². The van der Waals surface area contributed by atoms with Crippen molar-refractivity contribution in [2.45, 2.75) is 64.1 Å². The Balaban J connectivity index is 1.04. The molecule has 10 nitrogen and oxygen atoms in total. The van der Waals surface area contributed by atoms with Gasteiger partial charge in [-0.05, 0) is 68.2 Å². The number of nitrogens with one attached hydrogen (secondary N) is 4. The van der Waals surface area contributed by atoms with Crippen molar-refractivity contribution in [1.82, 2.24) is 25.9 Å². The van der Waals surface area contributed by atoms with E-state index in [2.05, 4.69) is 31.2 Å². The normalized spacial score (nSPS) is 22.1. The van der Waals surface area contributed by atoms with E-state index in [1.165, 1.54) is 0 Å². The summed E-state index contributed by atoms with van der Waals surface area (Å²) >= 11 is 14.0. The third-order valence-corrected chi connectivity index (χ3v) is 11.8. The van der Waals surface area contributed by atoms with Gasteiger partial charge < -0.3 is 31.1 Å². The first-order chi connectivity index (χ1) is 25.1. The van der Waals surface area contributed by atoms with Crippen LogP contribution in [0.5, 0.6) is 5.75 Å². The van der Waals surface area contributed by atoms with Gasteiger partial charge in [0, 0.05) is 78.9 Å². The fraction of sp³-hybridized carbons (Fsp3) is 0.385. The summed E-state index contributed by atoms with van der Waals surface area (Å²) < 4.78 is 21.5. The summed E-state index contributed by atoms with van der Waals surface area (Å²) in [6.07, 6.45) is 8.44. The van der Waals surface area contributed by atoms with Crippen LogP contribution in [0.4, 0.5) is 15.9 Å². The summed E-state index contributed by atoms with van der Waals surface area (Å²) in [6, 6.07) is 14.8. The fourth-order valence-corrected chi connectivity index (χ4v) is 8.69. The largest absolute Gasteiger partial charge is 0.496 e. The molecule has 3 fully saturated rings. The molecule has 2 aromatic carbocycles. The number of methoxy groups -OCH3 is 1. The zero-order valence-electron chi connectivity index (χ0n) is 28.8. The third-order valence-electron chi connectivity index (χ3n) is 11.0. The van der Waals surface area contributed by atoms with E-state index in [-0.39, 0.29) is 29.7 Å². The number of nitrogens with zero attached hydrogens (tertiary/aromatic N) is 2. The standard InChI is InChI=1S/C39H41Cl2FN6O4/c1-52-30-17-23(5-6-24(30)18-43-20-26-7-8-31(49)47-26)35-33(41)28(10-16-45-35)27-3-2-4-29(32(27)40)48-36-34(42)25(9-15-46-36)19-44-22-38-11-13-39(21-38,14-12-38)37(50)51/h2-6,9-10,15-17,26,43-44H,7-8,11-14,18-22H2,1H3,(H,46,48)(H,47,49)(H,50,51). The van der Waals surface area contributed by atoms with Crippen molar-refractivity contribution < 1.29 is 23.8 Å². The summed E-state index contributed by atoms with van der Waals surface area (Å²) in [5.74, 6) is -0.378. The Hall–Kier alpha value is -4.29. The Labute approximate surface area is 311 Å². The van der Waals surface area contributed by atoms with Crippen LogP contribution in [-0.4, -0.2) is 53.2 Å². The Kier molecular flexibility index (Phi) is 10.4. The smallest absolute Gasteiger partial charge is 0.309 e. The number of ether oxygens (including phenoxy) is 1. The van der Waals surface area contributed by atoms with Crippen LogP contribution in [0.2, 0.25) is 10.0 Å². The maximum absolute atomic E-state index is 15.8. The molecule has 1 amide bonds. The topological polar surface area (TPSA) is 138 Å². The molecule has 272 valence electrons. The maximum Gasteiger partial charge on any atom is 0.309 e. The fourth-order valence-electron chi connectivity index (χ4n) is 8.10. The summed E-state index contributed by atoms with van der Waals surface area (Å²) in [5, 5.41) is 23.3. The Bertz CT molecular complexity index is 2000. The van der Waals surface area contributed by atoms with Gasteiger partial charge in [-0.2, -0.15) is 0 Å². The number of carboxylic acids is 1. The lowest BCUT2D eigenvalue weighted by Crippen LogP contribution is -2.35. The third kappa shape index (κ3) is 7.19. The number of amides is 1. The number of hydrogen-bond donors (Lipinski definition) is 5. The van der Waals surface area contributed by atoms with Gasteiger partial charge in [0.2, 0.25) is 5.91 Å². The number of rotatable bonds is 14. The zero-order valence-corrected chi connectivity index (χ0v) is 30.3. The molecule has 0 radical (unpaired) electrons. The molecule has 5 N–H and O–H groups in total. The molecule has 7 rings (SSSR count). The van der Waals surface area contributed by atoms with Crippen molar-refractivity contribution in [3.63, 3.8) is 0 Å². The molecule has 1 aliphatic heterocycles. The summed E-state index contributed by atoms with van der Waals surface area (Å²) in [6.45, 7) is 2.17. The van der Waals surface area contributed by atoms with Crippen molar-refractivity contribution in [3.05, 3.63) is 87.9 Å². The number of anilines is 2. The van der Waals surface area contributed by atoms with Crippen LogP contribution >= 0.6 is 23.2 Å². The van der Waals surface area contributed by atoms with Crippen molar-refractivity contribution in [2.24, 2.45) is 10.8 Å². The lowest BCUT2D eigenvalue weighted by molar-refractivity contribution is -0.148. The second-order valence-electron chi connectivity index (χ2n) is 14.3. The maximum atomic E-state index is 15.8. The molecule has 3 aliphatic rings. The van der Waals surface area contributed by atoms with Crippen LogP contribution in [0.15, 0.2) is 60.9 Å². The monoisotopic (exact) mass is 746 g/mol. The zero-order chi connectivity index (χ0) is 36.5. The molecule has 2 saturated carbocycles. The number of halogens is 3. The number of fused-ring (bicyclic) bond motifs is 2. The number of benzene rings is 2. The lowest BCUT2D eigenvalue weighted by atomic mass is 9.82. The highest BCUT2D eigenvalue weighted by Crippen LogP contribution is 2.61. The molecule has 0 spiro atoms. The van der Waals surface area contributed by atoms with Gasteiger partial charge in [0.1, 0.15) is 5.75 Å². The first-order valence-corrected chi connectivity index (χ1v) is 18.3. The molecule has 52 heavy (non-hydrogen) atoms. The molecule has 4 aromatic rings. The van der Waals surface area contributed by atoms with Crippen molar-refractivity contribution in [1.29, 1.82) is 0 Å². The Morgan fingerprint density at radius 3 is 2.50 bits per heavy atom. The molecule has 2 aromatic heterocycles. The number of pyridine rings is 2. The molecule has 1 atom stereocenters. The van der Waals surface area contributed by atoms with E-state index in [9.17, 15) is 14.7 Å². The first-order valence-electron chi connectivity index (χ1n) is 17.6. The van der Waals surface area contributed by atoms with Crippen LogP contribution in [0.3, 0.4) is 0 Å². The second-order valence-corrected chi connectivity index (χ2v) is 15.0. The van der Waals surface area contributed by atoms with Gasteiger partial charge >= 0.3 is 5.97 Å². The number of aromatic nitrogens is 2. The summed E-state index contributed by atoms with van der Waals surface area (Å²) in [4.78, 5) is 32.2. The van der Waals surface area contributed by atoms with Crippen molar-refractivity contribution in [3.8, 4) is 28.1 Å². The molecule has 1 unspecified atom stereocenters. The van der Waals surface area contributed by atoms with Gasteiger partial charge in [0.25, 0.3) is 0 Å². The van der Waals surface area contributed by atoms with Gasteiger partial charge in [0.05, 0.1) is 34.0 Å². The highest BCUT2D eigenvalue weighted by molar-refractivity contribution is 6.39. The van der Waals surface area contributed by atoms with Crippen LogP contribution < -0.4 is 26.0 Å². The lowest BCUT2D eigenvalue weighted by Gasteiger charge is -2.27. The molecular formula is C39H41Cl2FN6O4. The van der Waals surface area contributed by atoms with E-state index >= 15 is 4.39 Å².